The summed E-state index contributed by atoms with van der Waals surface area (Å²) in [5, 5.41) is 1.02. The maximum absolute atomic E-state index is 12.7. The van der Waals surface area contributed by atoms with Crippen LogP contribution in [0.5, 0.6) is 17.2 Å². The molecular weight excluding hydrogens is 370 g/mol. The van der Waals surface area contributed by atoms with E-state index in [1.807, 2.05) is 37.3 Å². The van der Waals surface area contributed by atoms with Crippen molar-refractivity contribution in [2.75, 3.05) is 28.4 Å². The van der Waals surface area contributed by atoms with Gasteiger partial charge in [-0.2, -0.15) is 0 Å². The quantitative estimate of drug-likeness (QED) is 0.543. The Bertz CT molecular complexity index is 979. The van der Waals surface area contributed by atoms with Crippen molar-refractivity contribution in [3.8, 4) is 17.2 Å². The summed E-state index contributed by atoms with van der Waals surface area (Å²) in [5.74, 6) is 2.16. The minimum absolute atomic E-state index is 0.147. The normalized spacial score (nSPS) is 12.2. The van der Waals surface area contributed by atoms with E-state index in [-0.39, 0.29) is 11.9 Å². The number of rotatable bonds is 7. The second kappa shape index (κ2) is 8.73. The van der Waals surface area contributed by atoms with Crippen LogP contribution in [0.15, 0.2) is 53.0 Å². The van der Waals surface area contributed by atoms with Gasteiger partial charge in [-0.1, -0.05) is 18.2 Å². The van der Waals surface area contributed by atoms with Gasteiger partial charge in [0.25, 0.3) is 0 Å². The van der Waals surface area contributed by atoms with Gasteiger partial charge in [-0.25, -0.2) is 0 Å². The van der Waals surface area contributed by atoms with Crippen LogP contribution in [0.1, 0.15) is 24.3 Å². The molecule has 3 aromatic rings. The number of ether oxygens (including phenoxy) is 3. The van der Waals surface area contributed by atoms with Crippen molar-refractivity contribution in [3.63, 3.8) is 0 Å². The first-order valence-corrected chi connectivity index (χ1v) is 9.21. The lowest BCUT2D eigenvalue weighted by atomic mass is 10.1. The van der Waals surface area contributed by atoms with Crippen LogP contribution in [-0.4, -0.2) is 39.2 Å². The number of fused-ring (bicyclic) bond motifs is 1. The molecule has 0 saturated carbocycles. The maximum atomic E-state index is 12.7. The fourth-order valence-electron chi connectivity index (χ4n) is 3.07. The van der Waals surface area contributed by atoms with Crippen LogP contribution in [0.4, 0.5) is 0 Å². The average molecular weight is 395 g/mol. The van der Waals surface area contributed by atoms with Gasteiger partial charge in [-0.15, -0.1) is 0 Å². The van der Waals surface area contributed by atoms with Crippen LogP contribution in [0, 0.1) is 0 Å². The van der Waals surface area contributed by atoms with Crippen LogP contribution in [0.3, 0.4) is 0 Å². The number of amides is 1. The highest BCUT2D eigenvalue weighted by Gasteiger charge is 2.19. The van der Waals surface area contributed by atoms with E-state index in [1.54, 1.807) is 51.5 Å². The number of likely N-dealkylation sites (N-methyl/N-ethyl adjacent to an activating group) is 1. The number of methoxy groups -OCH3 is 3. The number of nitrogens with zero attached hydrogens (tertiary/aromatic N) is 1. The van der Waals surface area contributed by atoms with Crippen molar-refractivity contribution < 1.29 is 23.4 Å². The third-order valence-electron chi connectivity index (χ3n) is 4.89. The summed E-state index contributed by atoms with van der Waals surface area (Å²) in [7, 11) is 6.41. The first-order chi connectivity index (χ1) is 14.0. The van der Waals surface area contributed by atoms with E-state index in [1.165, 1.54) is 6.08 Å². The van der Waals surface area contributed by atoms with Crippen molar-refractivity contribution in [1.29, 1.82) is 0 Å². The molecule has 6 nitrogen and oxygen atoms in total. The minimum atomic E-state index is -0.209. The molecule has 0 fully saturated rings. The largest absolute Gasteiger partial charge is 0.493 e. The summed E-state index contributed by atoms with van der Waals surface area (Å²) < 4.78 is 21.9. The zero-order valence-corrected chi connectivity index (χ0v) is 17.3. The van der Waals surface area contributed by atoms with Gasteiger partial charge in [0.15, 0.2) is 11.5 Å². The fraction of sp³-hybridized carbons (Fsp3) is 0.261. The summed E-state index contributed by atoms with van der Waals surface area (Å²) in [5.41, 5.74) is 1.57. The van der Waals surface area contributed by atoms with Gasteiger partial charge in [0.05, 0.1) is 27.4 Å². The molecule has 0 bridgehead atoms. The fourth-order valence-corrected chi connectivity index (χ4v) is 3.07. The molecule has 2 aromatic carbocycles. The molecule has 0 spiro atoms. The van der Waals surface area contributed by atoms with Crippen molar-refractivity contribution in [2.24, 2.45) is 0 Å². The lowest BCUT2D eigenvalue weighted by molar-refractivity contribution is -0.126. The minimum Gasteiger partial charge on any atom is -0.493 e. The molecule has 0 N–H and O–H groups in total. The van der Waals surface area contributed by atoms with Gasteiger partial charge in [-0.05, 0) is 42.8 Å². The van der Waals surface area contributed by atoms with Crippen molar-refractivity contribution in [3.05, 3.63) is 59.9 Å². The molecule has 0 aliphatic carbocycles. The van der Waals surface area contributed by atoms with Crippen LogP contribution in [-0.2, 0) is 4.79 Å². The Kier molecular flexibility index (Phi) is 6.12. The van der Waals surface area contributed by atoms with Gasteiger partial charge in [-0.3, -0.25) is 4.79 Å². The number of para-hydroxylation sites is 1. The van der Waals surface area contributed by atoms with Crippen LogP contribution >= 0.6 is 0 Å². The molecule has 1 unspecified atom stereocenters. The van der Waals surface area contributed by atoms with Gasteiger partial charge in [0.2, 0.25) is 11.7 Å². The molecule has 0 aliphatic rings. The molecule has 3 rings (SSSR count). The van der Waals surface area contributed by atoms with E-state index in [0.29, 0.717) is 17.2 Å². The van der Waals surface area contributed by atoms with E-state index in [2.05, 4.69) is 0 Å². The van der Waals surface area contributed by atoms with Crippen molar-refractivity contribution in [1.82, 2.24) is 4.90 Å². The Labute approximate surface area is 170 Å². The van der Waals surface area contributed by atoms with Gasteiger partial charge in [0, 0.05) is 18.5 Å². The number of hydrogen-bond acceptors (Lipinski definition) is 5. The summed E-state index contributed by atoms with van der Waals surface area (Å²) in [6.45, 7) is 1.93. The molecule has 0 aliphatic heterocycles. The topological polar surface area (TPSA) is 61.1 Å². The highest BCUT2D eigenvalue weighted by molar-refractivity contribution is 5.92. The molecule has 6 heteroatoms. The number of hydrogen-bond donors (Lipinski definition) is 0. The van der Waals surface area contributed by atoms with E-state index < -0.39 is 0 Å². The molecule has 0 radical (unpaired) electrons. The number of carbonyl (C=O) groups excluding carboxylic acids is 1. The molecular formula is C23H25NO5. The van der Waals surface area contributed by atoms with E-state index >= 15 is 0 Å². The van der Waals surface area contributed by atoms with Gasteiger partial charge in [0.1, 0.15) is 11.3 Å². The zero-order valence-electron chi connectivity index (χ0n) is 17.3. The maximum Gasteiger partial charge on any atom is 0.246 e. The first-order valence-electron chi connectivity index (χ1n) is 9.21. The predicted molar refractivity (Wildman–Crippen MR) is 113 cm³/mol. The summed E-state index contributed by atoms with van der Waals surface area (Å²) in [6.07, 6.45) is 3.23. The Morgan fingerprint density at radius 1 is 1.03 bits per heavy atom. The zero-order chi connectivity index (χ0) is 21.0. The van der Waals surface area contributed by atoms with E-state index in [4.69, 9.17) is 18.6 Å². The SMILES string of the molecule is COc1cc(/C=C/C(=O)N(C)C(C)c2cc3ccccc3o2)cc(OC)c1OC. The monoisotopic (exact) mass is 395 g/mol. The van der Waals surface area contributed by atoms with Crippen LogP contribution in [0.25, 0.3) is 17.0 Å². The van der Waals surface area contributed by atoms with Gasteiger partial charge < -0.3 is 23.5 Å². The highest BCUT2D eigenvalue weighted by atomic mass is 16.5. The predicted octanol–water partition coefficient (Wildman–Crippen LogP) is 4.69. The second-order valence-electron chi connectivity index (χ2n) is 6.60. The number of furan rings is 1. The Morgan fingerprint density at radius 2 is 1.69 bits per heavy atom. The Morgan fingerprint density at radius 3 is 2.28 bits per heavy atom. The Balaban J connectivity index is 1.79. The third kappa shape index (κ3) is 4.21. The lowest BCUT2D eigenvalue weighted by Gasteiger charge is -2.21. The standard InChI is InChI=1S/C23H25NO5/c1-15(19-14-17-8-6-7-9-18(17)29-19)24(2)22(25)11-10-16-12-20(26-3)23(28-5)21(13-16)27-4/h6-15H,1-5H3/b11-10+. The molecule has 29 heavy (non-hydrogen) atoms. The number of benzene rings is 2. The summed E-state index contributed by atoms with van der Waals surface area (Å²) in [4.78, 5) is 14.3. The van der Waals surface area contributed by atoms with E-state index in [0.717, 1.165) is 22.3 Å². The Hall–Kier alpha value is -3.41. The van der Waals surface area contributed by atoms with E-state index in [9.17, 15) is 4.79 Å². The third-order valence-corrected chi connectivity index (χ3v) is 4.89. The smallest absolute Gasteiger partial charge is 0.246 e. The second-order valence-corrected chi connectivity index (χ2v) is 6.60. The first kappa shape index (κ1) is 20.3. The van der Waals surface area contributed by atoms with Gasteiger partial charge >= 0.3 is 0 Å². The average Bonchev–Trinajstić information content (AvgIpc) is 3.19. The number of carbonyl (C=O) groups is 1. The van der Waals surface area contributed by atoms with Crippen molar-refractivity contribution in [2.45, 2.75) is 13.0 Å². The summed E-state index contributed by atoms with van der Waals surface area (Å²) >= 11 is 0. The van der Waals surface area contributed by atoms with Crippen molar-refractivity contribution >= 4 is 23.0 Å². The van der Waals surface area contributed by atoms with Crippen LogP contribution in [0.2, 0.25) is 0 Å². The molecule has 1 heterocycles. The molecule has 1 atom stereocenters. The molecule has 1 amide bonds. The molecule has 152 valence electrons. The molecule has 0 saturated heterocycles. The summed E-state index contributed by atoms with van der Waals surface area (Å²) in [6, 6.07) is 13.1. The highest BCUT2D eigenvalue weighted by Crippen LogP contribution is 2.38. The molecule has 1 aromatic heterocycles. The lowest BCUT2D eigenvalue weighted by Crippen LogP contribution is -2.27. The van der Waals surface area contributed by atoms with Crippen LogP contribution < -0.4 is 14.2 Å².